The van der Waals surface area contributed by atoms with E-state index in [1.54, 1.807) is 4.90 Å². The number of piperidine rings is 1. The van der Waals surface area contributed by atoms with Crippen LogP contribution in [0.5, 0.6) is 0 Å². The summed E-state index contributed by atoms with van der Waals surface area (Å²) in [5.74, 6) is 1.21. The Morgan fingerprint density at radius 1 is 1.09 bits per heavy atom. The lowest BCUT2D eigenvalue weighted by molar-refractivity contribution is -0.146. The first-order valence-electron chi connectivity index (χ1n) is 9.05. The third-order valence-corrected chi connectivity index (χ3v) is 6.27. The van der Waals surface area contributed by atoms with Crippen LogP contribution in [0.15, 0.2) is 11.8 Å². The van der Waals surface area contributed by atoms with Gasteiger partial charge >= 0.3 is 11.8 Å². The summed E-state index contributed by atoms with van der Waals surface area (Å²) in [6, 6.07) is 0.246. The summed E-state index contributed by atoms with van der Waals surface area (Å²) in [5, 5.41) is 3.05. The number of carbonyl (C=O) groups is 2. The summed E-state index contributed by atoms with van der Waals surface area (Å²) in [5.41, 5.74) is 1.13. The second kappa shape index (κ2) is 5.71. The first-order valence-corrected chi connectivity index (χ1v) is 9.05. The van der Waals surface area contributed by atoms with E-state index in [4.69, 9.17) is 0 Å². The van der Waals surface area contributed by atoms with Gasteiger partial charge in [0.05, 0.1) is 0 Å². The van der Waals surface area contributed by atoms with Gasteiger partial charge in [-0.1, -0.05) is 12.5 Å². The Balaban J connectivity index is 1.42. The van der Waals surface area contributed by atoms with Gasteiger partial charge < -0.3 is 10.2 Å². The van der Waals surface area contributed by atoms with Gasteiger partial charge in [0.15, 0.2) is 0 Å². The lowest BCUT2D eigenvalue weighted by Crippen LogP contribution is -2.49. The summed E-state index contributed by atoms with van der Waals surface area (Å²) in [7, 11) is 0. The Labute approximate surface area is 132 Å². The zero-order chi connectivity index (χ0) is 15.1. The maximum atomic E-state index is 12.6. The van der Waals surface area contributed by atoms with Gasteiger partial charge in [0.1, 0.15) is 0 Å². The van der Waals surface area contributed by atoms with E-state index < -0.39 is 0 Å². The molecular formula is C18H26N2O2. The highest BCUT2D eigenvalue weighted by molar-refractivity contribution is 6.35. The molecule has 120 valence electrons. The average molecular weight is 302 g/mol. The molecule has 2 bridgehead atoms. The van der Waals surface area contributed by atoms with Crippen molar-refractivity contribution in [2.75, 3.05) is 6.54 Å². The second-order valence-corrected chi connectivity index (χ2v) is 7.61. The molecule has 1 aliphatic heterocycles. The van der Waals surface area contributed by atoms with Crippen molar-refractivity contribution in [3.05, 3.63) is 11.8 Å². The van der Waals surface area contributed by atoms with E-state index >= 15 is 0 Å². The molecule has 4 atom stereocenters. The maximum absolute atomic E-state index is 12.6. The highest BCUT2D eigenvalue weighted by Gasteiger charge is 2.41. The molecule has 0 spiro atoms. The minimum Gasteiger partial charge on any atom is -0.345 e. The van der Waals surface area contributed by atoms with Crippen LogP contribution in [0.25, 0.3) is 0 Å². The van der Waals surface area contributed by atoms with Crippen molar-refractivity contribution in [3.63, 3.8) is 0 Å². The molecule has 1 N–H and O–H groups in total. The molecule has 0 aromatic rings. The Bertz CT molecular complexity index is 513. The van der Waals surface area contributed by atoms with Crippen LogP contribution in [-0.2, 0) is 9.59 Å². The SMILES string of the molecule is O=C(NC1CC2CCC1C2)C(=O)N1CCCC2CCCC=C21. The van der Waals surface area contributed by atoms with Gasteiger partial charge in [0, 0.05) is 18.3 Å². The number of amides is 2. The van der Waals surface area contributed by atoms with E-state index in [0.29, 0.717) is 18.4 Å². The number of carbonyl (C=O) groups excluding carboxylic acids is 2. The molecule has 4 rings (SSSR count). The molecule has 22 heavy (non-hydrogen) atoms. The predicted octanol–water partition coefficient (Wildman–Crippen LogP) is 2.60. The van der Waals surface area contributed by atoms with E-state index in [0.717, 1.165) is 30.9 Å². The van der Waals surface area contributed by atoms with Gasteiger partial charge in [0.25, 0.3) is 0 Å². The van der Waals surface area contributed by atoms with Crippen molar-refractivity contribution < 1.29 is 9.59 Å². The third kappa shape index (κ3) is 2.46. The van der Waals surface area contributed by atoms with Crippen molar-refractivity contribution in [2.45, 2.75) is 63.8 Å². The average Bonchev–Trinajstić information content (AvgIpc) is 3.16. The smallest absolute Gasteiger partial charge is 0.316 e. The molecule has 1 saturated heterocycles. The normalized spacial score (nSPS) is 36.7. The number of fused-ring (bicyclic) bond motifs is 3. The van der Waals surface area contributed by atoms with Crippen LogP contribution in [0.4, 0.5) is 0 Å². The summed E-state index contributed by atoms with van der Waals surface area (Å²) in [6.45, 7) is 0.714. The van der Waals surface area contributed by atoms with Gasteiger partial charge in [-0.3, -0.25) is 9.59 Å². The molecule has 0 aromatic heterocycles. The Kier molecular flexibility index (Phi) is 3.71. The first-order chi connectivity index (χ1) is 10.7. The van der Waals surface area contributed by atoms with Crippen LogP contribution in [0.1, 0.15) is 57.8 Å². The molecule has 2 saturated carbocycles. The fourth-order valence-electron chi connectivity index (χ4n) is 5.17. The van der Waals surface area contributed by atoms with Gasteiger partial charge in [-0.15, -0.1) is 0 Å². The summed E-state index contributed by atoms with van der Waals surface area (Å²) < 4.78 is 0. The summed E-state index contributed by atoms with van der Waals surface area (Å²) in [4.78, 5) is 26.8. The molecule has 0 radical (unpaired) electrons. The largest absolute Gasteiger partial charge is 0.345 e. The monoisotopic (exact) mass is 302 g/mol. The molecule has 4 unspecified atom stereocenters. The topological polar surface area (TPSA) is 49.4 Å². The standard InChI is InChI=1S/C18H26N2O2/c21-17(19-15-11-12-7-8-14(15)10-12)18(22)20-9-3-5-13-4-1-2-6-16(13)20/h6,12-15H,1-5,7-11H2,(H,19,21). The van der Waals surface area contributed by atoms with Gasteiger partial charge in [-0.05, 0) is 69.1 Å². The first kappa shape index (κ1) is 14.3. The van der Waals surface area contributed by atoms with Crippen molar-refractivity contribution in [2.24, 2.45) is 17.8 Å². The minimum atomic E-state index is -0.371. The summed E-state index contributed by atoms with van der Waals surface area (Å²) >= 11 is 0. The Morgan fingerprint density at radius 2 is 1.95 bits per heavy atom. The third-order valence-electron chi connectivity index (χ3n) is 6.27. The van der Waals surface area contributed by atoms with Crippen LogP contribution in [-0.4, -0.2) is 29.3 Å². The Hall–Kier alpha value is -1.32. The molecule has 1 heterocycles. The van der Waals surface area contributed by atoms with Crippen molar-refractivity contribution in [1.82, 2.24) is 10.2 Å². The number of hydrogen-bond donors (Lipinski definition) is 1. The van der Waals surface area contributed by atoms with Gasteiger partial charge in [0.2, 0.25) is 0 Å². The van der Waals surface area contributed by atoms with Crippen molar-refractivity contribution in [1.29, 1.82) is 0 Å². The highest BCUT2D eigenvalue weighted by atomic mass is 16.2. The number of hydrogen-bond acceptors (Lipinski definition) is 2. The van der Waals surface area contributed by atoms with Crippen LogP contribution in [0.2, 0.25) is 0 Å². The van der Waals surface area contributed by atoms with Crippen LogP contribution >= 0.6 is 0 Å². The van der Waals surface area contributed by atoms with Crippen molar-refractivity contribution >= 4 is 11.8 Å². The van der Waals surface area contributed by atoms with Crippen molar-refractivity contribution in [3.8, 4) is 0 Å². The molecule has 2 amide bonds. The molecule has 3 aliphatic carbocycles. The molecule has 0 aromatic carbocycles. The highest BCUT2D eigenvalue weighted by Crippen LogP contribution is 2.44. The van der Waals surface area contributed by atoms with Crippen LogP contribution in [0, 0.1) is 17.8 Å². The lowest BCUT2D eigenvalue weighted by Gasteiger charge is -2.37. The van der Waals surface area contributed by atoms with E-state index in [-0.39, 0.29) is 17.9 Å². The number of nitrogens with zero attached hydrogens (tertiary/aromatic N) is 1. The van der Waals surface area contributed by atoms with E-state index in [1.165, 1.54) is 38.5 Å². The summed E-state index contributed by atoms with van der Waals surface area (Å²) in [6.07, 6.45) is 12.7. The lowest BCUT2D eigenvalue weighted by atomic mass is 9.85. The minimum absolute atomic E-state index is 0.246. The molecule has 4 aliphatic rings. The van der Waals surface area contributed by atoms with E-state index in [1.807, 2.05) is 0 Å². The maximum Gasteiger partial charge on any atom is 0.316 e. The number of allylic oxidation sites excluding steroid dienone is 2. The zero-order valence-electron chi connectivity index (χ0n) is 13.2. The quantitative estimate of drug-likeness (QED) is 0.757. The number of rotatable bonds is 1. The van der Waals surface area contributed by atoms with Gasteiger partial charge in [-0.2, -0.15) is 0 Å². The number of nitrogens with one attached hydrogen (secondary N) is 1. The molecule has 3 fully saturated rings. The Morgan fingerprint density at radius 3 is 2.73 bits per heavy atom. The second-order valence-electron chi connectivity index (χ2n) is 7.61. The molecule has 4 nitrogen and oxygen atoms in total. The number of likely N-dealkylation sites (tertiary alicyclic amines) is 1. The predicted molar refractivity (Wildman–Crippen MR) is 83.7 cm³/mol. The van der Waals surface area contributed by atoms with Crippen LogP contribution < -0.4 is 5.32 Å². The van der Waals surface area contributed by atoms with E-state index in [9.17, 15) is 9.59 Å². The van der Waals surface area contributed by atoms with Gasteiger partial charge in [-0.25, -0.2) is 0 Å². The fourth-order valence-corrected chi connectivity index (χ4v) is 5.17. The molecule has 4 heteroatoms. The fraction of sp³-hybridized carbons (Fsp3) is 0.778. The zero-order valence-corrected chi connectivity index (χ0v) is 13.2. The van der Waals surface area contributed by atoms with Crippen LogP contribution in [0.3, 0.4) is 0 Å². The van der Waals surface area contributed by atoms with E-state index in [2.05, 4.69) is 11.4 Å². The molecular weight excluding hydrogens is 276 g/mol.